The van der Waals surface area contributed by atoms with Crippen LogP contribution in [0.4, 0.5) is 10.1 Å². The average molecular weight is 235 g/mol. The first-order valence-corrected chi connectivity index (χ1v) is 5.61. The van der Waals surface area contributed by atoms with Crippen molar-refractivity contribution >= 4 is 22.8 Å². The summed E-state index contributed by atoms with van der Waals surface area (Å²) in [5, 5.41) is 1.84. The van der Waals surface area contributed by atoms with Gasteiger partial charge in [0.1, 0.15) is 5.82 Å². The Morgan fingerprint density at radius 3 is 2.69 bits per heavy atom. The van der Waals surface area contributed by atoms with E-state index in [1.807, 2.05) is 18.4 Å². The lowest BCUT2D eigenvalue weighted by molar-refractivity contribution is 0.104. The smallest absolute Gasteiger partial charge is 0.203 e. The van der Waals surface area contributed by atoms with Gasteiger partial charge in [-0.05, 0) is 42.1 Å². The average Bonchev–Trinajstić information content (AvgIpc) is 2.62. The summed E-state index contributed by atoms with van der Waals surface area (Å²) in [5.41, 5.74) is 6.96. The highest BCUT2D eigenvalue weighted by atomic mass is 32.1. The Bertz CT molecular complexity index is 527. The Labute approximate surface area is 96.5 Å². The third kappa shape index (κ3) is 1.97. The first-order chi connectivity index (χ1) is 7.58. The fraction of sp³-hybridized carbons (Fsp3) is 0.0833. The Kier molecular flexibility index (Phi) is 2.75. The number of aryl methyl sites for hydroxylation is 1. The highest BCUT2D eigenvalue weighted by Gasteiger charge is 2.14. The molecule has 82 valence electrons. The van der Waals surface area contributed by atoms with Crippen LogP contribution in [0.1, 0.15) is 20.8 Å². The van der Waals surface area contributed by atoms with E-state index in [4.69, 9.17) is 5.73 Å². The van der Waals surface area contributed by atoms with Crippen LogP contribution >= 0.6 is 11.3 Å². The van der Waals surface area contributed by atoms with E-state index in [9.17, 15) is 9.18 Å². The summed E-state index contributed by atoms with van der Waals surface area (Å²) in [7, 11) is 0. The maximum atomic E-state index is 13.1. The molecule has 2 nitrogen and oxygen atoms in total. The molecule has 0 atom stereocenters. The second-order valence-electron chi connectivity index (χ2n) is 3.54. The van der Waals surface area contributed by atoms with Crippen LogP contribution in [-0.2, 0) is 0 Å². The molecule has 0 saturated heterocycles. The normalized spacial score (nSPS) is 10.4. The van der Waals surface area contributed by atoms with Crippen LogP contribution in [0.2, 0.25) is 0 Å². The molecule has 0 fully saturated rings. The Morgan fingerprint density at radius 1 is 1.38 bits per heavy atom. The highest BCUT2D eigenvalue weighted by Crippen LogP contribution is 2.21. The van der Waals surface area contributed by atoms with Crippen molar-refractivity contribution in [3.63, 3.8) is 0 Å². The lowest BCUT2D eigenvalue weighted by Crippen LogP contribution is -2.02. The van der Waals surface area contributed by atoms with E-state index in [0.29, 0.717) is 10.4 Å². The Hall–Kier alpha value is -1.68. The molecule has 0 saturated carbocycles. The number of nitrogens with two attached hydrogens (primary N) is 1. The van der Waals surface area contributed by atoms with Crippen molar-refractivity contribution in [1.82, 2.24) is 0 Å². The van der Waals surface area contributed by atoms with Gasteiger partial charge >= 0.3 is 0 Å². The van der Waals surface area contributed by atoms with Crippen LogP contribution in [0, 0.1) is 12.7 Å². The van der Waals surface area contributed by atoms with E-state index in [1.165, 1.54) is 29.5 Å². The predicted octanol–water partition coefficient (Wildman–Crippen LogP) is 3.01. The lowest BCUT2D eigenvalue weighted by Gasteiger charge is -2.02. The van der Waals surface area contributed by atoms with E-state index in [0.717, 1.165) is 5.56 Å². The minimum atomic E-state index is -0.488. The number of carbonyl (C=O) groups excluding carboxylic acids is 1. The molecule has 0 aliphatic heterocycles. The third-order valence-electron chi connectivity index (χ3n) is 2.25. The van der Waals surface area contributed by atoms with Gasteiger partial charge in [0.25, 0.3) is 0 Å². The molecule has 1 heterocycles. The molecule has 2 aromatic rings. The number of anilines is 1. The Morgan fingerprint density at radius 2 is 2.12 bits per heavy atom. The maximum absolute atomic E-state index is 13.1. The molecule has 0 bridgehead atoms. The quantitative estimate of drug-likeness (QED) is 0.642. The predicted molar refractivity (Wildman–Crippen MR) is 63.3 cm³/mol. The first kappa shape index (κ1) is 10.8. The van der Waals surface area contributed by atoms with Crippen molar-refractivity contribution in [3.8, 4) is 0 Å². The first-order valence-electron chi connectivity index (χ1n) is 4.73. The summed E-state index contributed by atoms with van der Waals surface area (Å²) >= 11 is 1.35. The molecular formula is C12H10FNOS. The zero-order valence-corrected chi connectivity index (χ0v) is 9.48. The number of carbonyl (C=O) groups is 1. The molecule has 0 spiro atoms. The number of thiophene rings is 1. The summed E-state index contributed by atoms with van der Waals surface area (Å²) < 4.78 is 13.1. The second-order valence-corrected chi connectivity index (χ2v) is 4.45. The number of halogens is 1. The van der Waals surface area contributed by atoms with Gasteiger partial charge in [-0.15, -0.1) is 11.3 Å². The molecule has 0 aliphatic rings. The second kappa shape index (κ2) is 4.06. The van der Waals surface area contributed by atoms with E-state index >= 15 is 0 Å². The summed E-state index contributed by atoms with van der Waals surface area (Å²) in [6.07, 6.45) is 0. The molecule has 4 heteroatoms. The molecule has 0 amide bonds. The van der Waals surface area contributed by atoms with Crippen molar-refractivity contribution in [2.24, 2.45) is 0 Å². The van der Waals surface area contributed by atoms with Gasteiger partial charge in [0, 0.05) is 11.3 Å². The topological polar surface area (TPSA) is 43.1 Å². The SMILES string of the molecule is Cc1ccsc1C(=O)c1cc(N)cc(F)c1. The number of nitrogen functional groups attached to an aromatic ring is 1. The van der Waals surface area contributed by atoms with Gasteiger partial charge in [-0.25, -0.2) is 4.39 Å². The maximum Gasteiger partial charge on any atom is 0.203 e. The van der Waals surface area contributed by atoms with E-state index < -0.39 is 5.82 Å². The third-order valence-corrected chi connectivity index (χ3v) is 3.27. The molecule has 0 unspecified atom stereocenters. The van der Waals surface area contributed by atoms with Gasteiger partial charge in [0.15, 0.2) is 0 Å². The van der Waals surface area contributed by atoms with Crippen LogP contribution in [0.5, 0.6) is 0 Å². The van der Waals surface area contributed by atoms with Crippen LogP contribution in [0.25, 0.3) is 0 Å². The largest absolute Gasteiger partial charge is 0.399 e. The van der Waals surface area contributed by atoms with Crippen molar-refractivity contribution in [2.75, 3.05) is 5.73 Å². The zero-order valence-electron chi connectivity index (χ0n) is 8.66. The molecule has 16 heavy (non-hydrogen) atoms. The number of hydrogen-bond acceptors (Lipinski definition) is 3. The number of hydrogen-bond donors (Lipinski definition) is 1. The number of ketones is 1. The fourth-order valence-corrected chi connectivity index (χ4v) is 2.37. The van der Waals surface area contributed by atoms with E-state index in [1.54, 1.807) is 0 Å². The minimum Gasteiger partial charge on any atom is -0.399 e. The summed E-state index contributed by atoms with van der Waals surface area (Å²) in [4.78, 5) is 12.7. The summed E-state index contributed by atoms with van der Waals surface area (Å²) in [5.74, 6) is -0.670. The van der Waals surface area contributed by atoms with E-state index in [-0.39, 0.29) is 11.5 Å². The van der Waals surface area contributed by atoms with Gasteiger partial charge < -0.3 is 5.73 Å². The Balaban J connectivity index is 2.45. The lowest BCUT2D eigenvalue weighted by atomic mass is 10.1. The molecule has 2 rings (SSSR count). The van der Waals surface area contributed by atoms with Crippen LogP contribution < -0.4 is 5.73 Å². The van der Waals surface area contributed by atoms with Gasteiger partial charge in [0.05, 0.1) is 4.88 Å². The summed E-state index contributed by atoms with van der Waals surface area (Å²) in [6.45, 7) is 1.85. The number of rotatable bonds is 2. The fourth-order valence-electron chi connectivity index (χ4n) is 1.48. The highest BCUT2D eigenvalue weighted by molar-refractivity contribution is 7.12. The van der Waals surface area contributed by atoms with E-state index in [2.05, 4.69) is 0 Å². The van der Waals surface area contributed by atoms with Crippen molar-refractivity contribution in [3.05, 3.63) is 51.5 Å². The van der Waals surface area contributed by atoms with Crippen molar-refractivity contribution < 1.29 is 9.18 Å². The van der Waals surface area contributed by atoms with Crippen molar-refractivity contribution in [1.29, 1.82) is 0 Å². The van der Waals surface area contributed by atoms with Crippen LogP contribution in [0.3, 0.4) is 0 Å². The van der Waals surface area contributed by atoms with Gasteiger partial charge in [-0.3, -0.25) is 4.79 Å². The summed E-state index contributed by atoms with van der Waals surface area (Å²) in [6, 6.07) is 5.75. The molecule has 1 aromatic heterocycles. The molecule has 0 aliphatic carbocycles. The molecule has 2 N–H and O–H groups in total. The molecule has 0 radical (unpaired) electrons. The zero-order chi connectivity index (χ0) is 11.7. The van der Waals surface area contributed by atoms with Gasteiger partial charge in [0.2, 0.25) is 5.78 Å². The number of benzene rings is 1. The van der Waals surface area contributed by atoms with Gasteiger partial charge in [-0.1, -0.05) is 0 Å². The van der Waals surface area contributed by atoms with Crippen LogP contribution in [0.15, 0.2) is 29.6 Å². The van der Waals surface area contributed by atoms with Crippen LogP contribution in [-0.4, -0.2) is 5.78 Å². The van der Waals surface area contributed by atoms with Gasteiger partial charge in [-0.2, -0.15) is 0 Å². The molecule has 1 aromatic carbocycles. The minimum absolute atomic E-state index is 0.182. The standard InChI is InChI=1S/C12H10FNOS/c1-7-2-3-16-12(7)11(15)8-4-9(13)6-10(14)5-8/h2-6H,14H2,1H3. The molecular weight excluding hydrogens is 225 g/mol. The van der Waals surface area contributed by atoms with Crippen molar-refractivity contribution in [2.45, 2.75) is 6.92 Å². The monoisotopic (exact) mass is 235 g/mol.